The third-order valence-electron chi connectivity index (χ3n) is 3.56. The smallest absolute Gasteiger partial charge is 0.218 e. The minimum Gasteiger partial charge on any atom is -0.370 e. The molecule has 2 atom stereocenters. The second-order valence-corrected chi connectivity index (χ2v) is 4.62. The highest BCUT2D eigenvalue weighted by molar-refractivity contribution is 5.78. The molecule has 94 valence electrons. The van der Waals surface area contributed by atoms with Crippen LogP contribution in [0.15, 0.2) is 47.5 Å². The van der Waals surface area contributed by atoms with E-state index in [1.54, 1.807) is 6.21 Å². The van der Waals surface area contributed by atoms with Crippen molar-refractivity contribution in [2.75, 3.05) is 0 Å². The molecule has 0 aliphatic carbocycles. The number of hydrogen-bond acceptors (Lipinski definition) is 2. The SMILES string of the molecule is CCC1(C(CC(N)=O)c2ccccc2)C=CC=N1. The number of aliphatic imine (C=N–C) groups is 1. The summed E-state index contributed by atoms with van der Waals surface area (Å²) in [5.74, 6) is -0.275. The van der Waals surface area contributed by atoms with Crippen LogP contribution in [0.25, 0.3) is 0 Å². The van der Waals surface area contributed by atoms with E-state index in [1.165, 1.54) is 0 Å². The number of nitrogens with two attached hydrogens (primary N) is 1. The standard InChI is InChI=1S/C15H18N2O/c1-2-15(9-6-10-17-15)13(11-14(16)18)12-7-4-3-5-8-12/h3-10,13H,2,11H2,1H3,(H2,16,18). The lowest BCUT2D eigenvalue weighted by atomic mass is 9.76. The van der Waals surface area contributed by atoms with Crippen LogP contribution in [0.5, 0.6) is 0 Å². The molecular formula is C15H18N2O. The zero-order chi connectivity index (χ0) is 13.0. The number of carbonyl (C=O) groups is 1. The first kappa shape index (κ1) is 12.6. The van der Waals surface area contributed by atoms with Gasteiger partial charge in [0.25, 0.3) is 0 Å². The van der Waals surface area contributed by atoms with Crippen molar-refractivity contribution in [3.05, 3.63) is 48.0 Å². The van der Waals surface area contributed by atoms with E-state index in [-0.39, 0.29) is 17.4 Å². The Morgan fingerprint density at radius 3 is 2.61 bits per heavy atom. The second kappa shape index (κ2) is 5.17. The third-order valence-corrected chi connectivity index (χ3v) is 3.56. The number of benzene rings is 1. The Morgan fingerprint density at radius 2 is 2.11 bits per heavy atom. The summed E-state index contributed by atoms with van der Waals surface area (Å²) in [4.78, 5) is 15.9. The van der Waals surface area contributed by atoms with Gasteiger partial charge in [0.2, 0.25) is 5.91 Å². The summed E-state index contributed by atoms with van der Waals surface area (Å²) in [6.45, 7) is 2.09. The number of primary amides is 1. The molecule has 18 heavy (non-hydrogen) atoms. The third kappa shape index (κ3) is 2.35. The maximum Gasteiger partial charge on any atom is 0.218 e. The van der Waals surface area contributed by atoms with E-state index < -0.39 is 0 Å². The topological polar surface area (TPSA) is 55.5 Å². The fraction of sp³-hybridized carbons (Fsp3) is 0.333. The lowest BCUT2D eigenvalue weighted by Crippen LogP contribution is -2.33. The van der Waals surface area contributed by atoms with Gasteiger partial charge in [-0.2, -0.15) is 0 Å². The highest BCUT2D eigenvalue weighted by Crippen LogP contribution is 2.39. The van der Waals surface area contributed by atoms with Gasteiger partial charge < -0.3 is 5.73 Å². The molecule has 0 aromatic heterocycles. The minimum atomic E-state index is -0.323. The number of amides is 1. The van der Waals surface area contributed by atoms with Crippen molar-refractivity contribution in [3.63, 3.8) is 0 Å². The minimum absolute atomic E-state index is 0.0104. The van der Waals surface area contributed by atoms with Crippen LogP contribution >= 0.6 is 0 Å². The van der Waals surface area contributed by atoms with Crippen molar-refractivity contribution in [2.45, 2.75) is 31.2 Å². The Hall–Kier alpha value is -1.90. The Morgan fingerprint density at radius 1 is 1.39 bits per heavy atom. The van der Waals surface area contributed by atoms with Crippen molar-refractivity contribution in [1.29, 1.82) is 0 Å². The largest absolute Gasteiger partial charge is 0.370 e. The summed E-state index contributed by atoms with van der Waals surface area (Å²) in [6.07, 6.45) is 7.00. The number of nitrogens with zero attached hydrogens (tertiary/aromatic N) is 1. The highest BCUT2D eigenvalue weighted by atomic mass is 16.1. The van der Waals surface area contributed by atoms with E-state index in [1.807, 2.05) is 36.4 Å². The Kier molecular flexibility index (Phi) is 3.60. The number of hydrogen-bond donors (Lipinski definition) is 1. The van der Waals surface area contributed by atoms with Crippen LogP contribution in [-0.2, 0) is 4.79 Å². The highest BCUT2D eigenvalue weighted by Gasteiger charge is 2.37. The molecule has 2 N–H and O–H groups in total. The molecule has 0 radical (unpaired) electrons. The first-order valence-corrected chi connectivity index (χ1v) is 6.24. The zero-order valence-corrected chi connectivity index (χ0v) is 10.5. The summed E-state index contributed by atoms with van der Waals surface area (Å²) in [7, 11) is 0. The zero-order valence-electron chi connectivity index (χ0n) is 10.5. The maximum absolute atomic E-state index is 11.3. The quantitative estimate of drug-likeness (QED) is 0.847. The van der Waals surface area contributed by atoms with Gasteiger partial charge in [-0.3, -0.25) is 9.79 Å². The molecule has 1 aromatic rings. The monoisotopic (exact) mass is 242 g/mol. The van der Waals surface area contributed by atoms with Gasteiger partial charge in [-0.15, -0.1) is 0 Å². The first-order valence-electron chi connectivity index (χ1n) is 6.24. The van der Waals surface area contributed by atoms with Gasteiger partial charge in [0.1, 0.15) is 0 Å². The molecule has 1 aliphatic heterocycles. The molecule has 2 unspecified atom stereocenters. The molecule has 1 amide bonds. The Bertz CT molecular complexity index is 465. The van der Waals surface area contributed by atoms with Gasteiger partial charge in [0.15, 0.2) is 0 Å². The van der Waals surface area contributed by atoms with Crippen molar-refractivity contribution in [2.24, 2.45) is 10.7 Å². The van der Waals surface area contributed by atoms with Crippen molar-refractivity contribution < 1.29 is 4.79 Å². The van der Waals surface area contributed by atoms with Crippen molar-refractivity contribution in [3.8, 4) is 0 Å². The summed E-state index contributed by atoms with van der Waals surface area (Å²) >= 11 is 0. The van der Waals surface area contributed by atoms with Crippen LogP contribution in [0.2, 0.25) is 0 Å². The molecule has 1 aliphatic rings. The average Bonchev–Trinajstić information content (AvgIpc) is 2.86. The average molecular weight is 242 g/mol. The Labute approximate surface area is 107 Å². The predicted octanol–water partition coefficient (Wildman–Crippen LogP) is 2.44. The van der Waals surface area contributed by atoms with Gasteiger partial charge in [-0.25, -0.2) is 0 Å². The lowest BCUT2D eigenvalue weighted by molar-refractivity contribution is -0.118. The van der Waals surface area contributed by atoms with E-state index in [9.17, 15) is 4.79 Å². The number of carbonyl (C=O) groups excluding carboxylic acids is 1. The molecular weight excluding hydrogens is 224 g/mol. The summed E-state index contributed by atoms with van der Waals surface area (Å²) in [5, 5.41) is 0. The molecule has 1 aromatic carbocycles. The van der Waals surface area contributed by atoms with E-state index in [0.717, 1.165) is 12.0 Å². The molecule has 2 rings (SSSR count). The van der Waals surface area contributed by atoms with E-state index >= 15 is 0 Å². The summed E-state index contributed by atoms with van der Waals surface area (Å²) < 4.78 is 0. The van der Waals surface area contributed by atoms with Gasteiger partial charge >= 0.3 is 0 Å². The molecule has 0 saturated heterocycles. The fourth-order valence-corrected chi connectivity index (χ4v) is 2.57. The van der Waals surface area contributed by atoms with Gasteiger partial charge in [-0.05, 0) is 18.1 Å². The summed E-state index contributed by atoms with van der Waals surface area (Å²) in [5.41, 5.74) is 6.19. The molecule has 0 spiro atoms. The van der Waals surface area contributed by atoms with Crippen LogP contribution in [-0.4, -0.2) is 17.7 Å². The van der Waals surface area contributed by atoms with Gasteiger partial charge in [0, 0.05) is 18.6 Å². The van der Waals surface area contributed by atoms with Crippen LogP contribution in [0, 0.1) is 0 Å². The summed E-state index contributed by atoms with van der Waals surface area (Å²) in [6, 6.07) is 10.0. The lowest BCUT2D eigenvalue weighted by Gasteiger charge is -2.32. The molecule has 0 bridgehead atoms. The van der Waals surface area contributed by atoms with E-state index in [2.05, 4.69) is 18.0 Å². The fourth-order valence-electron chi connectivity index (χ4n) is 2.57. The maximum atomic E-state index is 11.3. The molecule has 3 heteroatoms. The van der Waals surface area contributed by atoms with Gasteiger partial charge in [-0.1, -0.05) is 43.3 Å². The van der Waals surface area contributed by atoms with Gasteiger partial charge in [0.05, 0.1) is 5.54 Å². The van der Waals surface area contributed by atoms with Crippen LogP contribution in [0.4, 0.5) is 0 Å². The first-order chi connectivity index (χ1) is 8.68. The molecule has 0 fully saturated rings. The van der Waals surface area contributed by atoms with E-state index in [0.29, 0.717) is 6.42 Å². The van der Waals surface area contributed by atoms with Crippen molar-refractivity contribution >= 4 is 12.1 Å². The number of allylic oxidation sites excluding steroid dienone is 1. The molecule has 3 nitrogen and oxygen atoms in total. The van der Waals surface area contributed by atoms with Crippen LogP contribution in [0.3, 0.4) is 0 Å². The number of rotatable bonds is 5. The second-order valence-electron chi connectivity index (χ2n) is 4.62. The Balaban J connectivity index is 2.40. The predicted molar refractivity (Wildman–Crippen MR) is 73.6 cm³/mol. The van der Waals surface area contributed by atoms with Crippen molar-refractivity contribution in [1.82, 2.24) is 0 Å². The normalized spacial score (nSPS) is 23.2. The van der Waals surface area contributed by atoms with Crippen LogP contribution < -0.4 is 5.73 Å². The van der Waals surface area contributed by atoms with E-state index in [4.69, 9.17) is 5.73 Å². The van der Waals surface area contributed by atoms with Crippen LogP contribution in [0.1, 0.15) is 31.2 Å². The molecule has 0 saturated carbocycles. The molecule has 1 heterocycles.